The first-order valence-corrected chi connectivity index (χ1v) is 12.3. The van der Waals surface area contributed by atoms with Crippen LogP contribution in [0.3, 0.4) is 0 Å². The smallest absolute Gasteiger partial charge is 0.351 e. The number of ether oxygens (including phenoxy) is 2. The van der Waals surface area contributed by atoms with E-state index in [9.17, 15) is 5.26 Å². The van der Waals surface area contributed by atoms with Crippen LogP contribution in [0.5, 0.6) is 5.75 Å². The molecular formula is C29H28ClN6O2+. The molecule has 8 nitrogen and oxygen atoms in total. The Morgan fingerprint density at radius 3 is 2.53 bits per heavy atom. The quantitative estimate of drug-likeness (QED) is 0.354. The van der Waals surface area contributed by atoms with Crippen molar-refractivity contribution < 1.29 is 9.47 Å². The van der Waals surface area contributed by atoms with Crippen LogP contribution in [0, 0.1) is 11.5 Å². The summed E-state index contributed by atoms with van der Waals surface area (Å²) in [7, 11) is 1.63. The predicted molar refractivity (Wildman–Crippen MR) is 154 cm³/mol. The van der Waals surface area contributed by atoms with E-state index in [0.29, 0.717) is 31.4 Å². The molecule has 38 heavy (non-hydrogen) atoms. The van der Waals surface area contributed by atoms with Gasteiger partial charge in [-0.15, -0.1) is 17.7 Å². The molecule has 3 aliphatic rings. The lowest BCUT2D eigenvalue weighted by molar-refractivity contribution is 0.122. The van der Waals surface area contributed by atoms with Gasteiger partial charge in [-0.2, -0.15) is 4.99 Å². The summed E-state index contributed by atoms with van der Waals surface area (Å²) < 4.78 is 10.5. The summed E-state index contributed by atoms with van der Waals surface area (Å²) >= 11 is 0. The Labute approximate surface area is 228 Å². The van der Waals surface area contributed by atoms with Gasteiger partial charge in [-0.1, -0.05) is 30.3 Å². The van der Waals surface area contributed by atoms with Gasteiger partial charge in [0, 0.05) is 42.5 Å². The minimum Gasteiger partial charge on any atom is -0.497 e. The number of hydrogen-bond acceptors (Lipinski definition) is 7. The van der Waals surface area contributed by atoms with Gasteiger partial charge in [-0.3, -0.25) is 0 Å². The van der Waals surface area contributed by atoms with Gasteiger partial charge in [0.2, 0.25) is 11.5 Å². The van der Waals surface area contributed by atoms with Crippen molar-refractivity contribution in [3.05, 3.63) is 89.5 Å². The molecular weight excluding hydrogens is 500 g/mol. The first-order chi connectivity index (χ1) is 18.2. The molecule has 3 aromatic carbocycles. The number of benzene rings is 3. The molecule has 3 aromatic rings. The van der Waals surface area contributed by atoms with Crippen LogP contribution in [0.1, 0.15) is 16.7 Å². The number of hydrogen-bond donors (Lipinski definition) is 1. The number of halogens is 1. The highest BCUT2D eigenvalue weighted by Crippen LogP contribution is 2.45. The maximum atomic E-state index is 10.6. The highest BCUT2D eigenvalue weighted by atomic mass is 35.5. The lowest BCUT2D eigenvalue weighted by atomic mass is 10.0. The summed E-state index contributed by atoms with van der Waals surface area (Å²) in [5.41, 5.74) is 5.66. The second-order valence-electron chi connectivity index (χ2n) is 9.06. The molecule has 192 valence electrons. The average Bonchev–Trinajstić information content (AvgIpc) is 3.37. The summed E-state index contributed by atoms with van der Waals surface area (Å²) in [6.45, 7) is 3.67. The summed E-state index contributed by atoms with van der Waals surface area (Å²) in [5.74, 6) is 1.84. The Hall–Kier alpha value is -4.16. The number of aliphatic imine (C=N–C) groups is 1. The van der Waals surface area contributed by atoms with E-state index in [2.05, 4.69) is 40.7 Å². The molecule has 1 fully saturated rings. The van der Waals surface area contributed by atoms with Gasteiger partial charge in [-0.25, -0.2) is 0 Å². The van der Waals surface area contributed by atoms with E-state index < -0.39 is 0 Å². The molecule has 1 N–H and O–H groups in total. The van der Waals surface area contributed by atoms with Crippen LogP contribution in [0.2, 0.25) is 0 Å². The number of fused-ring (bicyclic) bond motifs is 3. The molecule has 6 rings (SSSR count). The van der Waals surface area contributed by atoms with Crippen LogP contribution in [0.25, 0.3) is 6.08 Å². The van der Waals surface area contributed by atoms with Gasteiger partial charge in [0.15, 0.2) is 0 Å². The lowest BCUT2D eigenvalue weighted by Gasteiger charge is -2.31. The van der Waals surface area contributed by atoms with E-state index in [1.165, 1.54) is 0 Å². The zero-order chi connectivity index (χ0) is 25.2. The number of methoxy groups -OCH3 is 1. The highest BCUT2D eigenvalue weighted by Gasteiger charge is 2.49. The minimum absolute atomic E-state index is 0. The van der Waals surface area contributed by atoms with Crippen LogP contribution in [0.15, 0.2) is 82.9 Å². The van der Waals surface area contributed by atoms with Gasteiger partial charge in [-0.05, 0) is 57.7 Å². The van der Waals surface area contributed by atoms with Gasteiger partial charge < -0.3 is 19.7 Å². The van der Waals surface area contributed by atoms with Crippen molar-refractivity contribution in [3.8, 4) is 11.9 Å². The Bertz CT molecular complexity index is 1460. The standard InChI is InChI=1S/C29H27N6O2.ClH/c1-36-25-10-7-22(8-11-25)29-32-27-12-9-23-17-24(34-13-15-37-16-14-34)18-26(28(23)35(27,20-30)33-29)31-19-21-5-3-2-4-6-21;/h2-12,17-18,31H,13-16,19H2,1H3;1H/q+1;. The van der Waals surface area contributed by atoms with E-state index in [0.717, 1.165) is 52.6 Å². The van der Waals surface area contributed by atoms with Gasteiger partial charge in [0.1, 0.15) is 11.4 Å². The Morgan fingerprint density at radius 1 is 1.05 bits per heavy atom. The molecule has 0 bridgehead atoms. The zero-order valence-electron chi connectivity index (χ0n) is 21.0. The molecule has 0 radical (unpaired) electrons. The molecule has 0 aliphatic carbocycles. The molecule has 3 heterocycles. The first-order valence-electron chi connectivity index (χ1n) is 12.3. The van der Waals surface area contributed by atoms with E-state index in [1.54, 1.807) is 7.11 Å². The number of amidine groups is 2. The number of nitrogens with zero attached hydrogens (tertiary/aromatic N) is 5. The third-order valence-electron chi connectivity index (χ3n) is 6.85. The molecule has 3 aliphatic heterocycles. The van der Waals surface area contributed by atoms with Crippen LogP contribution in [-0.4, -0.2) is 45.1 Å². The fraction of sp³-hybridized carbons (Fsp3) is 0.207. The second kappa shape index (κ2) is 10.7. The molecule has 1 unspecified atom stereocenters. The molecule has 0 saturated carbocycles. The van der Waals surface area contributed by atoms with Crippen LogP contribution in [0.4, 0.5) is 17.1 Å². The maximum Gasteiger partial charge on any atom is 0.351 e. The maximum absolute atomic E-state index is 10.6. The molecule has 0 amide bonds. The Kier molecular flexibility index (Phi) is 7.16. The predicted octanol–water partition coefficient (Wildman–Crippen LogP) is 5.15. The average molecular weight is 528 g/mol. The van der Waals surface area contributed by atoms with E-state index >= 15 is 0 Å². The number of rotatable bonds is 6. The van der Waals surface area contributed by atoms with Gasteiger partial charge in [0.25, 0.3) is 5.84 Å². The molecule has 1 atom stereocenters. The van der Waals surface area contributed by atoms with Crippen molar-refractivity contribution >= 4 is 47.2 Å². The number of nitrogens with one attached hydrogen (secondary N) is 1. The van der Waals surface area contributed by atoms with Crippen molar-refractivity contribution in [2.75, 3.05) is 43.6 Å². The fourth-order valence-corrected chi connectivity index (χ4v) is 4.92. The minimum atomic E-state index is -0.353. The summed E-state index contributed by atoms with van der Waals surface area (Å²) in [5, 5.41) is 19.1. The van der Waals surface area contributed by atoms with Gasteiger partial charge in [0.05, 0.1) is 20.3 Å². The van der Waals surface area contributed by atoms with Crippen molar-refractivity contribution in [2.24, 2.45) is 10.1 Å². The molecule has 0 aromatic heterocycles. The highest BCUT2D eigenvalue weighted by molar-refractivity contribution is 6.21. The van der Waals surface area contributed by atoms with Crippen LogP contribution < -0.4 is 19.5 Å². The van der Waals surface area contributed by atoms with Crippen LogP contribution in [-0.2, 0) is 11.3 Å². The largest absolute Gasteiger partial charge is 0.497 e. The Morgan fingerprint density at radius 2 is 1.82 bits per heavy atom. The number of anilines is 2. The Balaban J connectivity index is 0.00000294. The lowest BCUT2D eigenvalue weighted by Crippen LogP contribution is -2.44. The summed E-state index contributed by atoms with van der Waals surface area (Å²) in [6, 6.07) is 22.1. The molecule has 1 saturated heterocycles. The van der Waals surface area contributed by atoms with Gasteiger partial charge >= 0.3 is 6.19 Å². The third kappa shape index (κ3) is 4.52. The summed E-state index contributed by atoms with van der Waals surface area (Å²) in [6.07, 6.45) is 6.40. The van der Waals surface area contributed by atoms with Crippen molar-refractivity contribution in [2.45, 2.75) is 6.54 Å². The molecule has 0 spiro atoms. The zero-order valence-corrected chi connectivity index (χ0v) is 21.8. The number of quaternary nitrogens is 1. The van der Waals surface area contributed by atoms with E-state index in [1.807, 2.05) is 54.6 Å². The SMILES string of the molecule is COc1ccc(C2=N[N+]3(C#N)C(=N2)C=Cc2cc(N4CCOCC4)cc(NCc4ccccc4)c23)cc1.Cl. The number of morpholine rings is 1. The first kappa shape index (κ1) is 25.5. The normalized spacial score (nSPS) is 19.3. The summed E-state index contributed by atoms with van der Waals surface area (Å²) in [4.78, 5) is 7.10. The van der Waals surface area contributed by atoms with Crippen molar-refractivity contribution in [3.63, 3.8) is 0 Å². The monoisotopic (exact) mass is 527 g/mol. The third-order valence-corrected chi connectivity index (χ3v) is 6.85. The fourth-order valence-electron chi connectivity index (χ4n) is 4.92. The number of nitriles is 1. The molecule has 9 heteroatoms. The van der Waals surface area contributed by atoms with Crippen molar-refractivity contribution in [1.29, 1.82) is 5.26 Å². The van der Waals surface area contributed by atoms with E-state index in [-0.39, 0.29) is 17.0 Å². The van der Waals surface area contributed by atoms with E-state index in [4.69, 9.17) is 19.6 Å². The topological polar surface area (TPSA) is 82.2 Å². The van der Waals surface area contributed by atoms with Crippen molar-refractivity contribution in [1.82, 2.24) is 4.59 Å². The van der Waals surface area contributed by atoms with Crippen LogP contribution >= 0.6 is 12.4 Å². The second-order valence-corrected chi connectivity index (χ2v) is 9.06.